The van der Waals surface area contributed by atoms with Crippen molar-refractivity contribution in [1.82, 2.24) is 24.5 Å². The summed E-state index contributed by atoms with van der Waals surface area (Å²) in [6.07, 6.45) is 4.63. The van der Waals surface area contributed by atoms with Crippen molar-refractivity contribution in [2.45, 2.75) is 6.54 Å². The Morgan fingerprint density at radius 1 is 1.19 bits per heavy atom. The Morgan fingerprint density at radius 3 is 2.73 bits per heavy atom. The van der Waals surface area contributed by atoms with Gasteiger partial charge in [-0.15, -0.1) is 11.3 Å². The lowest BCUT2D eigenvalue weighted by Gasteiger charge is -2.09. The van der Waals surface area contributed by atoms with Gasteiger partial charge in [0.15, 0.2) is 0 Å². The summed E-state index contributed by atoms with van der Waals surface area (Å²) in [6, 6.07) is 5.86. The van der Waals surface area contributed by atoms with Crippen LogP contribution in [0.1, 0.15) is 5.56 Å². The normalized spacial score (nSPS) is 10.8. The average Bonchev–Trinajstić information content (AvgIpc) is 3.33. The lowest BCUT2D eigenvalue weighted by atomic mass is 10.1. The number of hydrogen-bond acceptors (Lipinski definition) is 8. The van der Waals surface area contributed by atoms with Crippen LogP contribution in [-0.2, 0) is 6.54 Å². The van der Waals surface area contributed by atoms with Gasteiger partial charge >= 0.3 is 0 Å². The van der Waals surface area contributed by atoms with Crippen molar-refractivity contribution in [2.24, 2.45) is 0 Å². The van der Waals surface area contributed by atoms with E-state index in [4.69, 9.17) is 5.26 Å². The van der Waals surface area contributed by atoms with Crippen molar-refractivity contribution in [2.75, 3.05) is 11.9 Å². The number of anilines is 2. The van der Waals surface area contributed by atoms with Crippen molar-refractivity contribution in [3.05, 3.63) is 47.3 Å². The molecule has 1 aromatic carbocycles. The number of thiazole rings is 1. The molecule has 128 valence electrons. The van der Waals surface area contributed by atoms with Crippen molar-refractivity contribution in [3.63, 3.8) is 0 Å². The molecular weight excluding hydrogens is 350 g/mol. The summed E-state index contributed by atoms with van der Waals surface area (Å²) in [5, 5.41) is 23.2. The molecule has 0 bridgehead atoms. The number of benzene rings is 1. The van der Waals surface area contributed by atoms with Gasteiger partial charge in [0.25, 0.3) is 0 Å². The fourth-order valence-corrected chi connectivity index (χ4v) is 3.19. The molecule has 0 aliphatic heterocycles. The highest BCUT2D eigenvalue weighted by Crippen LogP contribution is 2.32. The quantitative estimate of drug-likeness (QED) is 0.560. The maximum atomic E-state index is 9.28. The third-order valence-electron chi connectivity index (χ3n) is 3.81. The zero-order valence-electron chi connectivity index (χ0n) is 13.5. The number of hydrogen-bond donors (Lipinski definition) is 2. The average molecular weight is 363 g/mol. The zero-order valence-corrected chi connectivity index (χ0v) is 14.3. The van der Waals surface area contributed by atoms with Gasteiger partial charge in [-0.2, -0.15) is 5.26 Å². The Labute approximate surface area is 152 Å². The number of nitrogens with one attached hydrogen (secondary N) is 1. The second-order valence-electron chi connectivity index (χ2n) is 5.46. The van der Waals surface area contributed by atoms with Crippen LogP contribution in [0.4, 0.5) is 11.6 Å². The van der Waals surface area contributed by atoms with Crippen LogP contribution < -0.4 is 5.32 Å². The lowest BCUT2D eigenvalue weighted by molar-refractivity contribution is 0.278. The third kappa shape index (κ3) is 2.99. The number of nitrogens with zero attached hydrogens (tertiary/aromatic N) is 6. The van der Waals surface area contributed by atoms with Gasteiger partial charge in [0, 0.05) is 23.2 Å². The Balaban J connectivity index is 1.80. The maximum absolute atomic E-state index is 9.28. The lowest BCUT2D eigenvalue weighted by Crippen LogP contribution is -2.01. The molecule has 0 saturated heterocycles. The fourth-order valence-electron chi connectivity index (χ4n) is 2.64. The van der Waals surface area contributed by atoms with Crippen LogP contribution in [0.5, 0.6) is 0 Å². The highest BCUT2D eigenvalue weighted by molar-refractivity contribution is 7.07. The number of fused-ring (bicyclic) bond motifs is 1. The first-order valence-electron chi connectivity index (χ1n) is 7.76. The molecule has 4 rings (SSSR count). The maximum Gasteiger partial charge on any atom is 0.227 e. The number of nitriles is 1. The smallest absolute Gasteiger partial charge is 0.227 e. The van der Waals surface area contributed by atoms with E-state index in [1.165, 1.54) is 23.7 Å². The monoisotopic (exact) mass is 363 g/mol. The second kappa shape index (κ2) is 6.87. The largest absolute Gasteiger partial charge is 0.395 e. The van der Waals surface area contributed by atoms with Crippen LogP contribution in [0.3, 0.4) is 0 Å². The number of rotatable bonds is 5. The summed E-state index contributed by atoms with van der Waals surface area (Å²) in [4.78, 5) is 17.2. The van der Waals surface area contributed by atoms with E-state index in [0.29, 0.717) is 18.1 Å². The summed E-state index contributed by atoms with van der Waals surface area (Å²) in [6.45, 7) is 0.470. The molecular formula is C17H13N7OS. The van der Waals surface area contributed by atoms with E-state index in [0.717, 1.165) is 28.0 Å². The highest BCUT2D eigenvalue weighted by atomic mass is 32.1. The molecule has 0 atom stereocenters. The second-order valence-corrected chi connectivity index (χ2v) is 6.18. The highest BCUT2D eigenvalue weighted by Gasteiger charge is 2.13. The van der Waals surface area contributed by atoms with E-state index in [-0.39, 0.29) is 6.61 Å². The van der Waals surface area contributed by atoms with Crippen LogP contribution in [0.2, 0.25) is 0 Å². The molecule has 0 aliphatic rings. The molecule has 3 heterocycles. The minimum atomic E-state index is 0.0217. The van der Waals surface area contributed by atoms with Gasteiger partial charge in [-0.25, -0.2) is 19.9 Å². The van der Waals surface area contributed by atoms with E-state index in [2.05, 4.69) is 25.3 Å². The van der Waals surface area contributed by atoms with Gasteiger partial charge in [0.2, 0.25) is 5.95 Å². The first-order chi connectivity index (χ1) is 12.8. The SMILES string of the molecule is N#Cc1cnc(Nc2cc(-c3cscn3)c3ncn(CCO)c3c2)nc1. The minimum Gasteiger partial charge on any atom is -0.395 e. The van der Waals surface area contributed by atoms with Crippen LogP contribution in [0.15, 0.2) is 41.7 Å². The number of aliphatic hydroxyl groups excluding tert-OH is 1. The predicted octanol–water partition coefficient (Wildman–Crippen LogP) is 2.56. The fraction of sp³-hybridized carbons (Fsp3) is 0.118. The third-order valence-corrected chi connectivity index (χ3v) is 4.40. The number of aromatic nitrogens is 5. The molecule has 9 heteroatoms. The van der Waals surface area contributed by atoms with Gasteiger partial charge in [-0.1, -0.05) is 0 Å². The Bertz CT molecular complexity index is 1080. The van der Waals surface area contributed by atoms with Gasteiger partial charge in [0.05, 0.1) is 53.1 Å². The molecule has 0 spiro atoms. The van der Waals surface area contributed by atoms with Crippen molar-refractivity contribution >= 4 is 34.0 Å². The summed E-state index contributed by atoms with van der Waals surface area (Å²) in [7, 11) is 0. The first-order valence-corrected chi connectivity index (χ1v) is 8.70. The van der Waals surface area contributed by atoms with Crippen molar-refractivity contribution in [3.8, 4) is 17.3 Å². The predicted molar refractivity (Wildman–Crippen MR) is 98.0 cm³/mol. The van der Waals surface area contributed by atoms with Gasteiger partial charge in [-0.05, 0) is 12.1 Å². The molecule has 8 nitrogen and oxygen atoms in total. The van der Waals surface area contributed by atoms with Crippen LogP contribution >= 0.6 is 11.3 Å². The molecule has 0 aliphatic carbocycles. The molecule has 0 saturated carbocycles. The standard InChI is InChI=1S/C17H13N7OS/c18-5-11-6-19-17(20-7-11)23-12-3-13(14-8-26-10-22-14)16-15(4-12)24(1-2-25)9-21-16/h3-4,6-10,25H,1-2H2,(H,19,20,23). The van der Waals surface area contributed by atoms with Gasteiger partial charge < -0.3 is 15.0 Å². The molecule has 4 aromatic rings. The first kappa shape index (κ1) is 16.1. The van der Waals surface area contributed by atoms with Crippen LogP contribution in [0.25, 0.3) is 22.3 Å². The Hall–Kier alpha value is -3.35. The minimum absolute atomic E-state index is 0.0217. The molecule has 26 heavy (non-hydrogen) atoms. The van der Waals surface area contributed by atoms with E-state index in [1.54, 1.807) is 11.8 Å². The van der Waals surface area contributed by atoms with E-state index in [9.17, 15) is 5.11 Å². The van der Waals surface area contributed by atoms with E-state index in [1.807, 2.05) is 28.1 Å². The molecule has 0 fully saturated rings. The number of aliphatic hydroxyl groups is 1. The van der Waals surface area contributed by atoms with Crippen LogP contribution in [0, 0.1) is 11.3 Å². The Kier molecular flexibility index (Phi) is 4.27. The van der Waals surface area contributed by atoms with Gasteiger partial charge in [-0.3, -0.25) is 0 Å². The summed E-state index contributed by atoms with van der Waals surface area (Å²) in [5.41, 5.74) is 6.35. The van der Waals surface area contributed by atoms with Crippen molar-refractivity contribution in [1.29, 1.82) is 5.26 Å². The van der Waals surface area contributed by atoms with Crippen LogP contribution in [-0.4, -0.2) is 36.2 Å². The molecule has 0 radical (unpaired) electrons. The summed E-state index contributed by atoms with van der Waals surface area (Å²) >= 11 is 1.51. The number of imidazole rings is 1. The molecule has 0 amide bonds. The molecule has 3 aromatic heterocycles. The van der Waals surface area contributed by atoms with E-state index >= 15 is 0 Å². The topological polar surface area (TPSA) is 113 Å². The van der Waals surface area contributed by atoms with E-state index < -0.39 is 0 Å². The zero-order chi connectivity index (χ0) is 17.9. The Morgan fingerprint density at radius 2 is 2.04 bits per heavy atom. The summed E-state index contributed by atoms with van der Waals surface area (Å²) in [5.74, 6) is 0.390. The molecule has 0 unspecified atom stereocenters. The van der Waals surface area contributed by atoms with Gasteiger partial charge in [0.1, 0.15) is 6.07 Å². The summed E-state index contributed by atoms with van der Waals surface area (Å²) < 4.78 is 1.88. The molecule has 2 N–H and O–H groups in total. The van der Waals surface area contributed by atoms with Crippen molar-refractivity contribution < 1.29 is 5.11 Å².